The summed E-state index contributed by atoms with van der Waals surface area (Å²) >= 11 is 0. The SMILES string of the molecule is CC/C=C(/C#N)O/C(=C\Oc1ccccc1)C(C)=C=O. The summed E-state index contributed by atoms with van der Waals surface area (Å²) in [7, 11) is 0. The molecule has 4 nitrogen and oxygen atoms in total. The highest BCUT2D eigenvalue weighted by Gasteiger charge is 2.07. The fourth-order valence-electron chi connectivity index (χ4n) is 1.27. The average Bonchev–Trinajstić information content (AvgIpc) is 2.50. The van der Waals surface area contributed by atoms with E-state index in [1.54, 1.807) is 24.2 Å². The summed E-state index contributed by atoms with van der Waals surface area (Å²) in [6.45, 7) is 3.42. The fourth-order valence-corrected chi connectivity index (χ4v) is 1.27. The minimum absolute atomic E-state index is 0.116. The van der Waals surface area contributed by atoms with Gasteiger partial charge in [0.25, 0.3) is 0 Å². The van der Waals surface area contributed by atoms with Gasteiger partial charge in [0, 0.05) is 0 Å². The average molecular weight is 269 g/mol. The van der Waals surface area contributed by atoms with E-state index in [0.717, 1.165) is 0 Å². The largest absolute Gasteiger partial charge is 0.461 e. The number of carbonyl (C=O) groups excluding carboxylic acids is 1. The van der Waals surface area contributed by atoms with E-state index in [9.17, 15) is 4.79 Å². The van der Waals surface area contributed by atoms with Gasteiger partial charge < -0.3 is 9.47 Å². The summed E-state index contributed by atoms with van der Waals surface area (Å²) in [5, 5.41) is 8.93. The van der Waals surface area contributed by atoms with Crippen molar-refractivity contribution in [3.05, 3.63) is 59.8 Å². The number of benzene rings is 1. The third-order valence-corrected chi connectivity index (χ3v) is 2.29. The van der Waals surface area contributed by atoms with Gasteiger partial charge in [-0.05, 0) is 31.6 Å². The van der Waals surface area contributed by atoms with Crippen molar-refractivity contribution in [3.8, 4) is 11.8 Å². The van der Waals surface area contributed by atoms with Crippen LogP contribution in [-0.2, 0) is 9.53 Å². The van der Waals surface area contributed by atoms with Crippen LogP contribution >= 0.6 is 0 Å². The van der Waals surface area contributed by atoms with Crippen LogP contribution in [0, 0.1) is 11.3 Å². The highest BCUT2D eigenvalue weighted by atomic mass is 16.5. The summed E-state index contributed by atoms with van der Waals surface area (Å²) < 4.78 is 10.7. The van der Waals surface area contributed by atoms with Crippen molar-refractivity contribution in [1.82, 2.24) is 0 Å². The Kier molecular flexibility index (Phi) is 6.40. The van der Waals surface area contributed by atoms with E-state index in [1.807, 2.05) is 31.2 Å². The van der Waals surface area contributed by atoms with Crippen LogP contribution in [0.25, 0.3) is 0 Å². The van der Waals surface area contributed by atoms with Crippen molar-refractivity contribution in [1.29, 1.82) is 5.26 Å². The van der Waals surface area contributed by atoms with Crippen molar-refractivity contribution >= 4 is 5.94 Å². The summed E-state index contributed by atoms with van der Waals surface area (Å²) in [5.74, 6) is 2.60. The number of allylic oxidation sites excluding steroid dienone is 3. The molecule has 1 rings (SSSR count). The maximum Gasteiger partial charge on any atom is 0.200 e. The first-order valence-corrected chi connectivity index (χ1v) is 6.13. The van der Waals surface area contributed by atoms with E-state index in [1.165, 1.54) is 13.2 Å². The molecule has 0 amide bonds. The van der Waals surface area contributed by atoms with Gasteiger partial charge in [-0.25, -0.2) is 4.79 Å². The van der Waals surface area contributed by atoms with E-state index in [0.29, 0.717) is 12.2 Å². The zero-order chi connectivity index (χ0) is 14.8. The van der Waals surface area contributed by atoms with E-state index >= 15 is 0 Å². The number of para-hydroxylation sites is 1. The molecule has 0 saturated carbocycles. The molecule has 20 heavy (non-hydrogen) atoms. The molecule has 0 unspecified atom stereocenters. The standard InChI is InChI=1S/C16H15NO3/c1-3-7-15(10-17)20-16(13(2)11-18)12-19-14-8-5-4-6-9-14/h4-9,12H,3H2,1-2H3/b15-7-,16-12-. The molecule has 0 heterocycles. The number of ether oxygens (including phenoxy) is 2. The Bertz CT molecular complexity index is 588. The van der Waals surface area contributed by atoms with Crippen LogP contribution in [0.1, 0.15) is 20.3 Å². The molecule has 0 aliphatic rings. The molecule has 0 fully saturated rings. The number of hydrogen-bond donors (Lipinski definition) is 0. The topological polar surface area (TPSA) is 59.3 Å². The van der Waals surface area contributed by atoms with E-state index < -0.39 is 0 Å². The van der Waals surface area contributed by atoms with Gasteiger partial charge >= 0.3 is 0 Å². The van der Waals surface area contributed by atoms with Crippen molar-refractivity contribution in [2.24, 2.45) is 0 Å². The van der Waals surface area contributed by atoms with Crippen LogP contribution in [0.5, 0.6) is 5.75 Å². The molecule has 0 N–H and O–H groups in total. The first-order valence-electron chi connectivity index (χ1n) is 6.13. The second-order valence-corrected chi connectivity index (χ2v) is 3.83. The van der Waals surface area contributed by atoms with Gasteiger partial charge in [-0.2, -0.15) is 5.26 Å². The second kappa shape index (κ2) is 8.36. The van der Waals surface area contributed by atoms with Gasteiger partial charge in [-0.3, -0.25) is 0 Å². The fraction of sp³-hybridized carbons (Fsp3) is 0.188. The molecule has 0 aromatic heterocycles. The van der Waals surface area contributed by atoms with Crippen LogP contribution in [0.4, 0.5) is 0 Å². The number of hydrogen-bond acceptors (Lipinski definition) is 4. The lowest BCUT2D eigenvalue weighted by Gasteiger charge is -2.07. The highest BCUT2D eigenvalue weighted by Crippen LogP contribution is 2.16. The quantitative estimate of drug-likeness (QED) is 0.343. The van der Waals surface area contributed by atoms with Gasteiger partial charge in [0.05, 0.1) is 5.57 Å². The van der Waals surface area contributed by atoms with Crippen molar-refractivity contribution < 1.29 is 14.3 Å². The number of rotatable bonds is 6. The molecule has 0 radical (unpaired) electrons. The van der Waals surface area contributed by atoms with Crippen LogP contribution < -0.4 is 4.74 Å². The Balaban J connectivity index is 2.93. The summed E-state index contributed by atoms with van der Waals surface area (Å²) in [6.07, 6.45) is 3.56. The maximum absolute atomic E-state index is 10.7. The predicted molar refractivity (Wildman–Crippen MR) is 75.1 cm³/mol. The zero-order valence-electron chi connectivity index (χ0n) is 11.4. The Morgan fingerprint density at radius 2 is 2.05 bits per heavy atom. The summed E-state index contributed by atoms with van der Waals surface area (Å²) in [4.78, 5) is 10.7. The molecule has 0 aliphatic carbocycles. The maximum atomic E-state index is 10.7. The molecule has 0 atom stereocenters. The van der Waals surface area contributed by atoms with E-state index in [2.05, 4.69) is 0 Å². The van der Waals surface area contributed by atoms with Crippen molar-refractivity contribution in [3.63, 3.8) is 0 Å². The Labute approximate surface area is 118 Å². The Morgan fingerprint density at radius 3 is 2.60 bits per heavy atom. The van der Waals surface area contributed by atoms with Crippen molar-refractivity contribution in [2.75, 3.05) is 0 Å². The van der Waals surface area contributed by atoms with Gasteiger partial charge in [-0.1, -0.05) is 25.1 Å². The number of nitrogens with zero attached hydrogens (tertiary/aromatic N) is 1. The minimum atomic E-state index is 0.116. The molecular weight excluding hydrogens is 254 g/mol. The van der Waals surface area contributed by atoms with Gasteiger partial charge in [0.1, 0.15) is 24.0 Å². The molecule has 1 aromatic rings. The molecule has 1 aromatic carbocycles. The smallest absolute Gasteiger partial charge is 0.200 e. The Hall–Kier alpha value is -2.76. The first-order chi connectivity index (χ1) is 9.71. The number of nitriles is 1. The van der Waals surface area contributed by atoms with Gasteiger partial charge in [-0.15, -0.1) is 0 Å². The van der Waals surface area contributed by atoms with E-state index in [4.69, 9.17) is 14.7 Å². The molecule has 0 bridgehead atoms. The zero-order valence-corrected chi connectivity index (χ0v) is 11.4. The third-order valence-electron chi connectivity index (χ3n) is 2.29. The van der Waals surface area contributed by atoms with Crippen LogP contribution in [0.15, 0.2) is 59.8 Å². The summed E-state index contributed by atoms with van der Waals surface area (Å²) in [6, 6.07) is 10.9. The predicted octanol–water partition coefficient (Wildman–Crippen LogP) is 3.52. The molecule has 0 saturated heterocycles. The summed E-state index contributed by atoms with van der Waals surface area (Å²) in [5.41, 5.74) is 0.221. The monoisotopic (exact) mass is 269 g/mol. The molecular formula is C16H15NO3. The normalized spacial score (nSPS) is 11.2. The van der Waals surface area contributed by atoms with Gasteiger partial charge in [0.15, 0.2) is 11.5 Å². The van der Waals surface area contributed by atoms with Gasteiger partial charge in [0.2, 0.25) is 0 Å². The minimum Gasteiger partial charge on any atom is -0.461 e. The Morgan fingerprint density at radius 1 is 1.35 bits per heavy atom. The van der Waals surface area contributed by atoms with Crippen LogP contribution in [0.3, 0.4) is 0 Å². The lowest BCUT2D eigenvalue weighted by molar-refractivity contribution is 0.310. The molecule has 0 spiro atoms. The van der Waals surface area contributed by atoms with E-state index in [-0.39, 0.29) is 17.1 Å². The highest BCUT2D eigenvalue weighted by molar-refractivity contribution is 5.58. The van der Waals surface area contributed by atoms with Crippen LogP contribution in [0.2, 0.25) is 0 Å². The third kappa shape index (κ3) is 4.85. The first kappa shape index (κ1) is 15.3. The molecule has 4 heteroatoms. The lowest BCUT2D eigenvalue weighted by Crippen LogP contribution is -1.97. The molecule has 102 valence electrons. The van der Waals surface area contributed by atoms with Crippen molar-refractivity contribution in [2.45, 2.75) is 20.3 Å². The lowest BCUT2D eigenvalue weighted by atomic mass is 10.3. The molecule has 0 aliphatic heterocycles. The second-order valence-electron chi connectivity index (χ2n) is 3.83. The van der Waals surface area contributed by atoms with Crippen LogP contribution in [-0.4, -0.2) is 5.94 Å².